The van der Waals surface area contributed by atoms with E-state index in [1.165, 1.54) is 180 Å². The number of ether oxygens (including phenoxy) is 3. The van der Waals surface area contributed by atoms with Crippen molar-refractivity contribution in [3.63, 3.8) is 0 Å². The van der Waals surface area contributed by atoms with E-state index >= 15 is 0 Å². The Morgan fingerprint density at radius 3 is 0.795 bits per heavy atom. The van der Waals surface area contributed by atoms with E-state index in [4.69, 9.17) is 14.2 Å². The third kappa shape index (κ3) is 63.2. The molecule has 0 aliphatic carbocycles. The van der Waals surface area contributed by atoms with Crippen LogP contribution in [0.2, 0.25) is 0 Å². The number of carbonyl (C=O) groups excluding carboxylic acids is 3. The summed E-state index contributed by atoms with van der Waals surface area (Å²) in [5.74, 6) is -0.875. The molecule has 0 fully saturated rings. The van der Waals surface area contributed by atoms with Gasteiger partial charge in [-0.05, 0) is 103 Å². The van der Waals surface area contributed by atoms with E-state index in [1.807, 2.05) is 0 Å². The van der Waals surface area contributed by atoms with Crippen molar-refractivity contribution in [3.8, 4) is 0 Å². The fourth-order valence-corrected chi connectivity index (χ4v) is 9.36. The molecule has 0 rings (SSSR count). The summed E-state index contributed by atoms with van der Waals surface area (Å²) in [6.07, 6.45) is 88.6. The number of rotatable bonds is 60. The second-order valence-corrected chi connectivity index (χ2v) is 22.0. The Morgan fingerprint density at radius 2 is 0.500 bits per heavy atom. The van der Waals surface area contributed by atoms with Crippen molar-refractivity contribution in [1.29, 1.82) is 0 Å². The average Bonchev–Trinajstić information content (AvgIpc) is 3.44. The molecule has 0 amide bonds. The van der Waals surface area contributed by atoms with E-state index in [1.54, 1.807) is 0 Å². The Labute approximate surface area is 483 Å². The summed E-state index contributed by atoms with van der Waals surface area (Å²) >= 11 is 0. The van der Waals surface area contributed by atoms with Crippen molar-refractivity contribution in [2.45, 2.75) is 329 Å². The van der Waals surface area contributed by atoms with Crippen molar-refractivity contribution < 1.29 is 28.6 Å². The minimum Gasteiger partial charge on any atom is -0.462 e. The van der Waals surface area contributed by atoms with Crippen LogP contribution in [0.1, 0.15) is 323 Å². The molecule has 0 bridgehead atoms. The van der Waals surface area contributed by atoms with Crippen molar-refractivity contribution in [2.24, 2.45) is 0 Å². The molecule has 1 unspecified atom stereocenters. The zero-order valence-electron chi connectivity index (χ0n) is 51.4. The van der Waals surface area contributed by atoms with E-state index in [0.717, 1.165) is 103 Å². The summed E-state index contributed by atoms with van der Waals surface area (Å²) in [5, 5.41) is 0. The topological polar surface area (TPSA) is 78.9 Å². The van der Waals surface area contributed by atoms with Gasteiger partial charge in [0.1, 0.15) is 13.2 Å². The average molecular weight is 1090 g/mol. The van der Waals surface area contributed by atoms with Gasteiger partial charge in [-0.25, -0.2) is 0 Å². The minimum absolute atomic E-state index is 0.0761. The van der Waals surface area contributed by atoms with Crippen LogP contribution in [-0.2, 0) is 28.6 Å². The maximum Gasteiger partial charge on any atom is 0.306 e. The molecular weight excluding hydrogens is 961 g/mol. The lowest BCUT2D eigenvalue weighted by Crippen LogP contribution is -2.30. The summed E-state index contributed by atoms with van der Waals surface area (Å²) in [6, 6.07) is 0. The van der Waals surface area contributed by atoms with E-state index in [9.17, 15) is 14.4 Å². The fourth-order valence-electron chi connectivity index (χ4n) is 9.36. The zero-order valence-corrected chi connectivity index (χ0v) is 51.4. The maximum atomic E-state index is 12.9. The first-order chi connectivity index (χ1) is 38.5. The lowest BCUT2D eigenvalue weighted by Gasteiger charge is -2.18. The van der Waals surface area contributed by atoms with Gasteiger partial charge in [0.15, 0.2) is 6.10 Å². The normalized spacial score (nSPS) is 12.7. The van der Waals surface area contributed by atoms with E-state index in [0.29, 0.717) is 19.3 Å². The fraction of sp³-hybridized carbons (Fsp3) is 0.736. The number of unbranched alkanes of at least 4 members (excludes halogenated alkanes) is 33. The summed E-state index contributed by atoms with van der Waals surface area (Å²) in [7, 11) is 0. The van der Waals surface area contributed by atoms with Gasteiger partial charge in [-0.2, -0.15) is 0 Å². The number of allylic oxidation sites excluding steroid dienone is 16. The van der Waals surface area contributed by atoms with Crippen LogP contribution in [0.5, 0.6) is 0 Å². The number of hydrogen-bond acceptors (Lipinski definition) is 6. The molecule has 0 aliphatic rings. The minimum atomic E-state index is -0.778. The molecule has 1 atom stereocenters. The second-order valence-electron chi connectivity index (χ2n) is 22.0. The lowest BCUT2D eigenvalue weighted by molar-refractivity contribution is -0.167. The SMILES string of the molecule is CC/C=C\C/C=C\C/C=C\C/C=C\C/C=C\C/C=C\C/C=C\CCCCCCCCCCCCCC(=O)OCC(COC(=O)CCCCCCCCCCC)OC(=O)CCCCCCCCC/C=C\CCCCCCCCC. The second kappa shape index (κ2) is 65.8. The molecule has 0 spiro atoms. The monoisotopic (exact) mass is 1080 g/mol. The van der Waals surface area contributed by atoms with Gasteiger partial charge in [0.05, 0.1) is 0 Å². The molecule has 0 saturated carbocycles. The molecule has 0 N–H and O–H groups in total. The van der Waals surface area contributed by atoms with Gasteiger partial charge >= 0.3 is 17.9 Å². The molecule has 0 radical (unpaired) electrons. The van der Waals surface area contributed by atoms with Crippen LogP contribution in [0.25, 0.3) is 0 Å². The van der Waals surface area contributed by atoms with E-state index < -0.39 is 6.10 Å². The first-order valence-electron chi connectivity index (χ1n) is 33.2. The van der Waals surface area contributed by atoms with Gasteiger partial charge in [0.2, 0.25) is 0 Å². The number of carbonyl (C=O) groups is 3. The molecule has 6 nitrogen and oxygen atoms in total. The quantitative estimate of drug-likeness (QED) is 0.0261. The molecule has 0 aromatic rings. The van der Waals surface area contributed by atoms with Gasteiger partial charge in [0, 0.05) is 19.3 Å². The summed E-state index contributed by atoms with van der Waals surface area (Å²) in [5.41, 5.74) is 0. The smallest absolute Gasteiger partial charge is 0.306 e. The molecule has 0 heterocycles. The standard InChI is InChI=1S/C72H124O6/c1-4-7-10-13-16-19-21-23-25-27-29-30-31-32-33-34-35-36-37-38-39-40-41-42-43-45-46-48-50-53-56-59-62-65-71(74)77-68-69(67-76-70(73)64-61-58-55-52-18-15-12-9-6-3)78-72(75)66-63-60-57-54-51-49-47-44-28-26-24-22-20-17-14-11-8-5-2/h7,10,16,19,23,25-26,28-30,32-33,35-36,38-39,69H,4-6,8-9,11-15,17-18,20-22,24,27,31,34,37,40-68H2,1-3H3/b10-7-,19-16-,25-23-,28-26-,30-29-,33-32-,36-35-,39-38-. The lowest BCUT2D eigenvalue weighted by atomic mass is 10.0. The Hall–Kier alpha value is -3.67. The van der Waals surface area contributed by atoms with Crippen molar-refractivity contribution in [1.82, 2.24) is 0 Å². The maximum absolute atomic E-state index is 12.9. The molecular formula is C72H124O6. The summed E-state index contributed by atoms with van der Waals surface area (Å²) < 4.78 is 16.9. The number of esters is 3. The third-order valence-corrected chi connectivity index (χ3v) is 14.3. The van der Waals surface area contributed by atoms with Crippen LogP contribution < -0.4 is 0 Å². The molecule has 0 saturated heterocycles. The van der Waals surface area contributed by atoms with Crippen LogP contribution >= 0.6 is 0 Å². The summed E-state index contributed by atoms with van der Waals surface area (Å²) in [4.78, 5) is 38.2. The highest BCUT2D eigenvalue weighted by Gasteiger charge is 2.19. The van der Waals surface area contributed by atoms with E-state index in [-0.39, 0.29) is 31.1 Å². The highest BCUT2D eigenvalue weighted by atomic mass is 16.6. The molecule has 0 aromatic carbocycles. The van der Waals surface area contributed by atoms with Crippen molar-refractivity contribution >= 4 is 17.9 Å². The Balaban J connectivity index is 4.15. The van der Waals surface area contributed by atoms with Crippen LogP contribution in [0.15, 0.2) is 97.2 Å². The van der Waals surface area contributed by atoms with E-state index in [2.05, 4.69) is 118 Å². The van der Waals surface area contributed by atoms with Gasteiger partial charge in [-0.15, -0.1) is 0 Å². The van der Waals surface area contributed by atoms with Gasteiger partial charge in [-0.1, -0.05) is 298 Å². The van der Waals surface area contributed by atoms with Crippen LogP contribution in [0, 0.1) is 0 Å². The van der Waals surface area contributed by atoms with Crippen molar-refractivity contribution in [3.05, 3.63) is 97.2 Å². The zero-order chi connectivity index (χ0) is 56.4. The van der Waals surface area contributed by atoms with Crippen molar-refractivity contribution in [2.75, 3.05) is 13.2 Å². The van der Waals surface area contributed by atoms with Crippen LogP contribution in [0.3, 0.4) is 0 Å². The molecule has 78 heavy (non-hydrogen) atoms. The predicted octanol–water partition coefficient (Wildman–Crippen LogP) is 22.8. The van der Waals surface area contributed by atoms with Gasteiger partial charge in [-0.3, -0.25) is 14.4 Å². The molecule has 0 aliphatic heterocycles. The van der Waals surface area contributed by atoms with Gasteiger partial charge in [0.25, 0.3) is 0 Å². The summed E-state index contributed by atoms with van der Waals surface area (Å²) in [6.45, 7) is 6.53. The first kappa shape index (κ1) is 74.3. The first-order valence-corrected chi connectivity index (χ1v) is 33.2. The Kier molecular flexibility index (Phi) is 62.7. The molecule has 6 heteroatoms. The Morgan fingerprint density at radius 1 is 0.269 bits per heavy atom. The molecule has 0 aromatic heterocycles. The largest absolute Gasteiger partial charge is 0.462 e. The van der Waals surface area contributed by atoms with Crippen LogP contribution in [0.4, 0.5) is 0 Å². The number of hydrogen-bond donors (Lipinski definition) is 0. The highest BCUT2D eigenvalue weighted by Crippen LogP contribution is 2.16. The Bertz CT molecular complexity index is 1530. The highest BCUT2D eigenvalue weighted by molar-refractivity contribution is 5.71. The van der Waals surface area contributed by atoms with Gasteiger partial charge < -0.3 is 14.2 Å². The third-order valence-electron chi connectivity index (χ3n) is 14.3. The molecule has 448 valence electrons. The van der Waals surface area contributed by atoms with Crippen LogP contribution in [-0.4, -0.2) is 37.2 Å². The predicted molar refractivity (Wildman–Crippen MR) is 339 cm³/mol.